The lowest BCUT2D eigenvalue weighted by molar-refractivity contribution is 0.290. The van der Waals surface area contributed by atoms with Gasteiger partial charge in [0, 0.05) is 12.1 Å². The summed E-state index contributed by atoms with van der Waals surface area (Å²) in [4.78, 5) is 2.35. The molecule has 0 amide bonds. The highest BCUT2D eigenvalue weighted by molar-refractivity contribution is 5.37. The number of nitrogens with zero attached hydrogens (tertiary/aromatic N) is 1. The molecule has 2 nitrogen and oxygen atoms in total. The Labute approximate surface area is 117 Å². The molecule has 0 unspecified atom stereocenters. The van der Waals surface area contributed by atoms with Gasteiger partial charge in [0.15, 0.2) is 0 Å². The fourth-order valence-electron chi connectivity index (χ4n) is 3.11. The molecule has 1 aromatic carbocycles. The first kappa shape index (κ1) is 14.4. The van der Waals surface area contributed by atoms with Crippen LogP contribution in [0.2, 0.25) is 0 Å². The van der Waals surface area contributed by atoms with E-state index in [1.807, 2.05) is 6.07 Å². The van der Waals surface area contributed by atoms with E-state index < -0.39 is 0 Å². The fraction of sp³-hybridized carbons (Fsp3) is 0.647. The van der Waals surface area contributed by atoms with Gasteiger partial charge in [-0.05, 0) is 43.5 Å². The average molecular weight is 261 g/mol. The summed E-state index contributed by atoms with van der Waals surface area (Å²) < 4.78 is 0. The number of hydrogen-bond acceptors (Lipinski definition) is 2. The minimum Gasteiger partial charge on any atom is -0.508 e. The van der Waals surface area contributed by atoms with E-state index in [0.29, 0.717) is 11.7 Å². The quantitative estimate of drug-likeness (QED) is 0.855. The highest BCUT2D eigenvalue weighted by Crippen LogP contribution is 2.34. The van der Waals surface area contributed by atoms with Crippen LogP contribution in [0.15, 0.2) is 18.2 Å². The van der Waals surface area contributed by atoms with Gasteiger partial charge in [-0.25, -0.2) is 0 Å². The molecule has 0 bridgehead atoms. The van der Waals surface area contributed by atoms with Gasteiger partial charge in [0.05, 0.1) is 0 Å². The van der Waals surface area contributed by atoms with Crippen LogP contribution in [0.5, 0.6) is 5.75 Å². The van der Waals surface area contributed by atoms with Crippen molar-refractivity contribution in [3.8, 4) is 5.75 Å². The Morgan fingerprint density at radius 3 is 2.42 bits per heavy atom. The van der Waals surface area contributed by atoms with Crippen molar-refractivity contribution in [2.24, 2.45) is 0 Å². The second-order valence-corrected chi connectivity index (χ2v) is 5.68. The van der Waals surface area contributed by atoms with Gasteiger partial charge < -0.3 is 5.11 Å². The summed E-state index contributed by atoms with van der Waals surface area (Å²) in [6.45, 7) is 7.27. The van der Waals surface area contributed by atoms with Crippen molar-refractivity contribution in [3.05, 3.63) is 29.3 Å². The first-order valence-corrected chi connectivity index (χ1v) is 7.78. The molecule has 0 radical (unpaired) electrons. The zero-order valence-corrected chi connectivity index (χ0v) is 12.4. The van der Waals surface area contributed by atoms with E-state index in [0.717, 1.165) is 25.2 Å². The van der Waals surface area contributed by atoms with Crippen molar-refractivity contribution in [1.29, 1.82) is 0 Å². The lowest BCUT2D eigenvalue weighted by Crippen LogP contribution is -2.22. The monoisotopic (exact) mass is 261 g/mol. The van der Waals surface area contributed by atoms with E-state index in [1.54, 1.807) is 0 Å². The number of phenolic OH excluding ortho intramolecular Hbond substituents is 1. The van der Waals surface area contributed by atoms with Crippen LogP contribution in [0.4, 0.5) is 0 Å². The molecule has 1 aromatic rings. The van der Waals surface area contributed by atoms with Crippen LogP contribution in [0.1, 0.15) is 63.0 Å². The number of aromatic hydroxyl groups is 1. The molecule has 1 aliphatic rings. The van der Waals surface area contributed by atoms with Crippen molar-refractivity contribution in [2.45, 2.75) is 58.4 Å². The third kappa shape index (κ3) is 3.73. The topological polar surface area (TPSA) is 23.5 Å². The second-order valence-electron chi connectivity index (χ2n) is 5.68. The van der Waals surface area contributed by atoms with Gasteiger partial charge in [-0.3, -0.25) is 4.90 Å². The first-order chi connectivity index (χ1) is 9.24. The van der Waals surface area contributed by atoms with Gasteiger partial charge in [-0.2, -0.15) is 0 Å². The Morgan fingerprint density at radius 1 is 1.11 bits per heavy atom. The van der Waals surface area contributed by atoms with E-state index >= 15 is 0 Å². The molecule has 19 heavy (non-hydrogen) atoms. The van der Waals surface area contributed by atoms with Crippen LogP contribution in [0.25, 0.3) is 0 Å². The predicted octanol–water partition coefficient (Wildman–Crippen LogP) is 4.28. The molecular weight excluding hydrogens is 234 g/mol. The Morgan fingerprint density at radius 2 is 1.79 bits per heavy atom. The van der Waals surface area contributed by atoms with Crippen molar-refractivity contribution in [3.63, 3.8) is 0 Å². The van der Waals surface area contributed by atoms with Crippen LogP contribution >= 0.6 is 0 Å². The maximum Gasteiger partial charge on any atom is 0.120 e. The largest absolute Gasteiger partial charge is 0.508 e. The highest BCUT2D eigenvalue weighted by atomic mass is 16.3. The number of benzene rings is 1. The molecule has 0 aliphatic heterocycles. The van der Waals surface area contributed by atoms with E-state index in [-0.39, 0.29) is 0 Å². The summed E-state index contributed by atoms with van der Waals surface area (Å²) in [6, 6.07) is 6.25. The molecule has 0 heterocycles. The van der Waals surface area contributed by atoms with Crippen LogP contribution in [0.3, 0.4) is 0 Å². The lowest BCUT2D eigenvalue weighted by atomic mass is 9.83. The maximum absolute atomic E-state index is 10.0. The smallest absolute Gasteiger partial charge is 0.120 e. The van der Waals surface area contributed by atoms with Gasteiger partial charge in [0.2, 0.25) is 0 Å². The standard InChI is InChI=1S/C17H27NO/c1-3-18(4-2)13-16-12-15(10-11-17(16)19)14-8-6-5-7-9-14/h10-12,14,19H,3-9,13H2,1-2H3. The van der Waals surface area contributed by atoms with Crippen molar-refractivity contribution < 1.29 is 5.11 Å². The summed E-state index contributed by atoms with van der Waals surface area (Å²) in [5.41, 5.74) is 2.52. The van der Waals surface area contributed by atoms with Gasteiger partial charge >= 0.3 is 0 Å². The van der Waals surface area contributed by atoms with Crippen LogP contribution in [0, 0.1) is 0 Å². The van der Waals surface area contributed by atoms with Crippen molar-refractivity contribution >= 4 is 0 Å². The summed E-state index contributed by atoms with van der Waals surface area (Å²) in [5, 5.41) is 10.0. The minimum absolute atomic E-state index is 0.450. The summed E-state index contributed by atoms with van der Waals surface area (Å²) in [7, 11) is 0. The normalized spacial score (nSPS) is 17.0. The van der Waals surface area contributed by atoms with Gasteiger partial charge in [-0.1, -0.05) is 45.2 Å². The molecule has 0 saturated heterocycles. The molecular formula is C17H27NO. The summed E-state index contributed by atoms with van der Waals surface area (Å²) in [6.07, 6.45) is 6.74. The van der Waals surface area contributed by atoms with Crippen LogP contribution < -0.4 is 0 Å². The first-order valence-electron chi connectivity index (χ1n) is 7.78. The number of rotatable bonds is 5. The van der Waals surface area contributed by atoms with Crippen molar-refractivity contribution in [1.82, 2.24) is 4.90 Å². The Kier molecular flexibility index (Phi) is 5.26. The fourth-order valence-corrected chi connectivity index (χ4v) is 3.11. The third-order valence-electron chi connectivity index (χ3n) is 4.47. The van der Waals surface area contributed by atoms with Crippen molar-refractivity contribution in [2.75, 3.05) is 13.1 Å². The molecule has 106 valence electrons. The molecule has 0 spiro atoms. The van der Waals surface area contributed by atoms with Gasteiger partial charge in [0.1, 0.15) is 5.75 Å². The average Bonchev–Trinajstić information content (AvgIpc) is 2.47. The zero-order valence-electron chi connectivity index (χ0n) is 12.4. The van der Waals surface area contributed by atoms with E-state index in [9.17, 15) is 5.11 Å². The Balaban J connectivity index is 2.13. The van der Waals surface area contributed by atoms with Crippen LogP contribution in [-0.4, -0.2) is 23.1 Å². The SMILES string of the molecule is CCN(CC)Cc1cc(C2CCCCC2)ccc1O. The third-order valence-corrected chi connectivity index (χ3v) is 4.47. The summed E-state index contributed by atoms with van der Waals surface area (Å²) in [5.74, 6) is 1.16. The van der Waals surface area contributed by atoms with Crippen LogP contribution in [-0.2, 0) is 6.54 Å². The molecule has 1 aliphatic carbocycles. The van der Waals surface area contributed by atoms with E-state index in [1.165, 1.54) is 37.7 Å². The lowest BCUT2D eigenvalue weighted by Gasteiger charge is -2.24. The van der Waals surface area contributed by atoms with E-state index in [2.05, 4.69) is 30.9 Å². The number of phenols is 1. The molecule has 2 heteroatoms. The van der Waals surface area contributed by atoms with Gasteiger partial charge in [-0.15, -0.1) is 0 Å². The second kappa shape index (κ2) is 6.95. The zero-order chi connectivity index (χ0) is 13.7. The highest BCUT2D eigenvalue weighted by Gasteiger charge is 2.17. The molecule has 1 N–H and O–H groups in total. The Hall–Kier alpha value is -1.02. The Bertz CT molecular complexity index is 392. The molecule has 1 fully saturated rings. The number of hydrogen-bond donors (Lipinski definition) is 1. The van der Waals surface area contributed by atoms with Gasteiger partial charge in [0.25, 0.3) is 0 Å². The summed E-state index contributed by atoms with van der Waals surface area (Å²) >= 11 is 0. The predicted molar refractivity (Wildman–Crippen MR) is 80.6 cm³/mol. The molecule has 1 saturated carbocycles. The maximum atomic E-state index is 10.0. The molecule has 2 rings (SSSR count). The minimum atomic E-state index is 0.450. The molecule has 0 aromatic heterocycles. The van der Waals surface area contributed by atoms with E-state index in [4.69, 9.17) is 0 Å². The molecule has 0 atom stereocenters.